The van der Waals surface area contributed by atoms with Crippen molar-refractivity contribution in [3.8, 4) is 5.75 Å². The van der Waals surface area contributed by atoms with Gasteiger partial charge in [0.2, 0.25) is 5.91 Å². The summed E-state index contributed by atoms with van der Waals surface area (Å²) >= 11 is 1.50. The van der Waals surface area contributed by atoms with E-state index in [-0.39, 0.29) is 16.4 Å². The zero-order valence-corrected chi connectivity index (χ0v) is 20.8. The van der Waals surface area contributed by atoms with Crippen LogP contribution in [0.25, 0.3) is 0 Å². The Morgan fingerprint density at radius 3 is 2.32 bits per heavy atom. The Kier molecular flexibility index (Phi) is 8.57. The van der Waals surface area contributed by atoms with Crippen molar-refractivity contribution in [1.29, 1.82) is 0 Å². The summed E-state index contributed by atoms with van der Waals surface area (Å²) < 4.78 is 47.3. The number of carbonyl (C=O) groups is 1. The first-order valence-corrected chi connectivity index (χ1v) is 13.4. The van der Waals surface area contributed by atoms with E-state index in [2.05, 4.69) is 5.32 Å². The van der Waals surface area contributed by atoms with Crippen LogP contribution >= 0.6 is 11.8 Å². The van der Waals surface area contributed by atoms with E-state index >= 15 is 0 Å². The molecule has 1 amide bonds. The molecule has 6 nitrogen and oxygen atoms in total. The van der Waals surface area contributed by atoms with Gasteiger partial charge in [0, 0.05) is 4.90 Å². The number of sulfonamides is 1. The number of hydrogen-bond acceptors (Lipinski definition) is 5. The molecule has 0 fully saturated rings. The van der Waals surface area contributed by atoms with Crippen LogP contribution < -0.4 is 14.4 Å². The van der Waals surface area contributed by atoms with Gasteiger partial charge in [-0.15, -0.1) is 11.8 Å². The largest absolute Gasteiger partial charge is 0.492 e. The lowest BCUT2D eigenvalue weighted by Crippen LogP contribution is -2.41. The lowest BCUT2D eigenvalue weighted by atomic mass is 10.1. The smallest absolute Gasteiger partial charge is 0.264 e. The van der Waals surface area contributed by atoms with Crippen LogP contribution in [-0.2, 0) is 14.8 Å². The van der Waals surface area contributed by atoms with E-state index in [4.69, 9.17) is 4.74 Å². The highest BCUT2D eigenvalue weighted by Gasteiger charge is 2.30. The Morgan fingerprint density at radius 2 is 1.71 bits per heavy atom. The van der Waals surface area contributed by atoms with Crippen LogP contribution in [-0.4, -0.2) is 33.7 Å². The molecule has 0 radical (unpaired) electrons. The SMILES string of the molecule is CCOc1ccccc1N(CC(=O)NC(C)c1ccc(F)cc1)S(=O)(=O)c1ccc(SC)cc1. The number of nitrogens with one attached hydrogen (secondary N) is 1. The normalized spacial score (nSPS) is 12.1. The van der Waals surface area contributed by atoms with E-state index in [1.807, 2.05) is 6.26 Å². The molecule has 0 bridgehead atoms. The quantitative estimate of drug-likeness (QED) is 0.394. The molecule has 0 heterocycles. The lowest BCUT2D eigenvalue weighted by Gasteiger charge is -2.26. The van der Waals surface area contributed by atoms with Gasteiger partial charge in [-0.1, -0.05) is 24.3 Å². The van der Waals surface area contributed by atoms with Crippen molar-refractivity contribution >= 4 is 33.4 Å². The average molecular weight is 503 g/mol. The third-order valence-corrected chi connectivity index (χ3v) is 7.63. The zero-order valence-electron chi connectivity index (χ0n) is 19.2. The maximum atomic E-state index is 13.7. The third kappa shape index (κ3) is 6.09. The van der Waals surface area contributed by atoms with Gasteiger partial charge in [0.05, 0.1) is 23.2 Å². The Morgan fingerprint density at radius 1 is 1.06 bits per heavy atom. The minimum Gasteiger partial charge on any atom is -0.492 e. The Bertz CT molecular complexity index is 1220. The molecule has 180 valence electrons. The highest BCUT2D eigenvalue weighted by atomic mass is 32.2. The minimum absolute atomic E-state index is 0.0657. The van der Waals surface area contributed by atoms with Gasteiger partial charge in [0.1, 0.15) is 18.1 Å². The van der Waals surface area contributed by atoms with Crippen molar-refractivity contribution in [2.45, 2.75) is 29.7 Å². The van der Waals surface area contributed by atoms with Crippen molar-refractivity contribution in [3.05, 3.63) is 84.2 Å². The molecule has 0 aliphatic rings. The zero-order chi connectivity index (χ0) is 24.7. The molecule has 9 heteroatoms. The van der Waals surface area contributed by atoms with Gasteiger partial charge >= 0.3 is 0 Å². The molecule has 34 heavy (non-hydrogen) atoms. The summed E-state index contributed by atoms with van der Waals surface area (Å²) in [5.41, 5.74) is 0.967. The van der Waals surface area contributed by atoms with Crippen molar-refractivity contribution in [3.63, 3.8) is 0 Å². The molecule has 0 spiro atoms. The van der Waals surface area contributed by atoms with Gasteiger partial charge < -0.3 is 10.1 Å². The molecule has 0 saturated carbocycles. The van der Waals surface area contributed by atoms with Gasteiger partial charge in [-0.2, -0.15) is 0 Å². The predicted octanol–water partition coefficient (Wildman–Crippen LogP) is 5.02. The van der Waals surface area contributed by atoms with Crippen LogP contribution in [0.2, 0.25) is 0 Å². The van der Waals surface area contributed by atoms with Gasteiger partial charge in [-0.25, -0.2) is 12.8 Å². The fraction of sp³-hybridized carbons (Fsp3) is 0.240. The Labute approximate surface area is 204 Å². The van der Waals surface area contributed by atoms with E-state index in [0.717, 1.165) is 9.20 Å². The number of nitrogens with zero attached hydrogens (tertiary/aromatic N) is 1. The topological polar surface area (TPSA) is 75.7 Å². The van der Waals surface area contributed by atoms with Gasteiger partial charge in [0.25, 0.3) is 10.0 Å². The predicted molar refractivity (Wildman–Crippen MR) is 133 cm³/mol. The summed E-state index contributed by atoms with van der Waals surface area (Å²) in [6, 6.07) is 18.5. The van der Waals surface area contributed by atoms with E-state index in [9.17, 15) is 17.6 Å². The second kappa shape index (κ2) is 11.4. The van der Waals surface area contributed by atoms with Crippen LogP contribution in [0.4, 0.5) is 10.1 Å². The second-order valence-electron chi connectivity index (χ2n) is 7.43. The van der Waals surface area contributed by atoms with Crippen LogP contribution in [0.1, 0.15) is 25.5 Å². The average Bonchev–Trinajstić information content (AvgIpc) is 2.83. The number of benzene rings is 3. The fourth-order valence-corrected chi connectivity index (χ4v) is 5.21. The maximum Gasteiger partial charge on any atom is 0.264 e. The first-order chi connectivity index (χ1) is 16.3. The molecule has 3 aromatic carbocycles. The third-order valence-electron chi connectivity index (χ3n) is 5.12. The summed E-state index contributed by atoms with van der Waals surface area (Å²) in [4.78, 5) is 14.0. The first kappa shape index (κ1) is 25.6. The fourth-order valence-electron chi connectivity index (χ4n) is 3.37. The van der Waals surface area contributed by atoms with E-state index in [1.54, 1.807) is 62.4 Å². The van der Waals surface area contributed by atoms with Crippen LogP contribution in [0.5, 0.6) is 5.75 Å². The number of halogens is 1. The number of rotatable bonds is 10. The van der Waals surface area contributed by atoms with Gasteiger partial charge in [-0.3, -0.25) is 9.10 Å². The summed E-state index contributed by atoms with van der Waals surface area (Å²) in [6.07, 6.45) is 1.90. The lowest BCUT2D eigenvalue weighted by molar-refractivity contribution is -0.120. The molecule has 0 aromatic heterocycles. The van der Waals surface area contributed by atoms with Crippen LogP contribution in [0.3, 0.4) is 0 Å². The van der Waals surface area contributed by atoms with E-state index in [1.165, 1.54) is 36.0 Å². The van der Waals surface area contributed by atoms with Crippen LogP contribution in [0, 0.1) is 5.82 Å². The number of carbonyl (C=O) groups excluding carboxylic acids is 1. The van der Waals surface area contributed by atoms with E-state index < -0.39 is 28.5 Å². The molecule has 3 aromatic rings. The van der Waals surface area contributed by atoms with E-state index in [0.29, 0.717) is 17.9 Å². The molecule has 0 aliphatic carbocycles. The first-order valence-electron chi connectivity index (χ1n) is 10.7. The van der Waals surface area contributed by atoms with Crippen molar-refractivity contribution in [2.75, 3.05) is 23.7 Å². The molecular weight excluding hydrogens is 475 g/mol. The Hall–Kier alpha value is -3.04. The van der Waals surface area contributed by atoms with Crippen molar-refractivity contribution in [1.82, 2.24) is 5.32 Å². The summed E-state index contributed by atoms with van der Waals surface area (Å²) in [6.45, 7) is 3.43. The van der Waals surface area contributed by atoms with Gasteiger partial charge in [0.15, 0.2) is 0 Å². The molecule has 1 atom stereocenters. The monoisotopic (exact) mass is 502 g/mol. The maximum absolute atomic E-state index is 13.7. The number of hydrogen-bond donors (Lipinski definition) is 1. The molecule has 1 unspecified atom stereocenters. The van der Waals surface area contributed by atoms with Gasteiger partial charge in [-0.05, 0) is 74.2 Å². The highest BCUT2D eigenvalue weighted by molar-refractivity contribution is 7.98. The minimum atomic E-state index is -4.09. The number of ether oxygens (including phenoxy) is 1. The summed E-state index contributed by atoms with van der Waals surface area (Å²) in [5.74, 6) is -0.527. The highest BCUT2D eigenvalue weighted by Crippen LogP contribution is 2.33. The van der Waals surface area contributed by atoms with Crippen molar-refractivity contribution in [2.24, 2.45) is 0 Å². The Balaban J connectivity index is 1.94. The molecule has 0 saturated heterocycles. The number of anilines is 1. The number of thioether (sulfide) groups is 1. The van der Waals surface area contributed by atoms with Crippen molar-refractivity contribution < 1.29 is 22.3 Å². The summed E-state index contributed by atoms with van der Waals surface area (Å²) in [7, 11) is -4.09. The summed E-state index contributed by atoms with van der Waals surface area (Å²) in [5, 5.41) is 2.80. The number of amides is 1. The van der Waals surface area contributed by atoms with Crippen LogP contribution in [0.15, 0.2) is 82.6 Å². The molecule has 1 N–H and O–H groups in total. The molecule has 3 rings (SSSR count). The molecular formula is C25H27FN2O4S2. The standard InChI is InChI=1S/C25H27FN2O4S2/c1-4-32-24-8-6-5-7-23(24)28(34(30,31)22-15-13-21(33-3)14-16-22)17-25(29)27-18(2)19-9-11-20(26)12-10-19/h5-16,18H,4,17H2,1-3H3,(H,27,29). The molecule has 0 aliphatic heterocycles. The second-order valence-corrected chi connectivity index (χ2v) is 10.2. The number of para-hydroxylation sites is 2.